The summed E-state index contributed by atoms with van der Waals surface area (Å²) in [6.07, 6.45) is 9.18. The third kappa shape index (κ3) is 6.47. The van der Waals surface area contributed by atoms with E-state index < -0.39 is 6.10 Å². The van der Waals surface area contributed by atoms with Crippen LogP contribution < -0.4 is 4.74 Å². The van der Waals surface area contributed by atoms with Crippen LogP contribution >= 0.6 is 44.8 Å². The lowest BCUT2D eigenvalue weighted by Gasteiger charge is -2.40. The number of aliphatic hydroxyl groups excluding tert-OH is 2. The smallest absolute Gasteiger partial charge is 0.181 e. The normalized spacial score (nSPS) is 13.5. The highest BCUT2D eigenvalue weighted by Gasteiger charge is 2.23. The summed E-state index contributed by atoms with van der Waals surface area (Å²) in [7, 11) is 1.16. The molecule has 0 saturated carbocycles. The van der Waals surface area contributed by atoms with Crippen molar-refractivity contribution >= 4 is 50.5 Å². The quantitative estimate of drug-likeness (QED) is 0.421. The first-order valence-electron chi connectivity index (χ1n) is 10.2. The number of rotatable bonds is 5. The minimum Gasteiger partial charge on any atom is -0.493 e. The molecule has 0 aliphatic heterocycles. The van der Waals surface area contributed by atoms with Crippen molar-refractivity contribution in [3.05, 3.63) is 56.7 Å². The zero-order chi connectivity index (χ0) is 25.1. The number of fused-ring (bicyclic) bond motifs is 1. The summed E-state index contributed by atoms with van der Waals surface area (Å²) in [4.78, 5) is 8.17. The third-order valence-corrected chi connectivity index (χ3v) is 10.4. The number of aliphatic hydroxyl groups is 2. The number of imidazole rings is 1. The van der Waals surface area contributed by atoms with Gasteiger partial charge in [0.05, 0.1) is 35.6 Å². The minimum atomic E-state index is -0.968. The van der Waals surface area contributed by atoms with Crippen LogP contribution in [0.2, 0.25) is 15.2 Å². The number of nitrogens with zero attached hydrogens (tertiary/aromatic N) is 3. The molecule has 2 N–H and O–H groups in total. The first-order valence-corrected chi connectivity index (χ1v) is 14.2. The monoisotopic (exact) mass is 535 g/mol. The standard InChI is InChI=1S/C16H14Cl3N3O3.C7H18S/c1-25-14-3-2-12(22-15(19)11(7-23)21-16(14)22)13(24)4-8-9(17)5-20-6-10(8)18;1-7(2,3)8(4,5)6/h2-3,5-6,13,23-24H,4,7H2,1H3;1-6H3. The van der Waals surface area contributed by atoms with Crippen LogP contribution in [0, 0.1) is 0 Å². The number of hydrogen-bond acceptors (Lipinski definition) is 5. The van der Waals surface area contributed by atoms with Gasteiger partial charge in [-0.05, 0) is 41.2 Å². The van der Waals surface area contributed by atoms with Crippen LogP contribution in [0.3, 0.4) is 0 Å². The SMILES string of the molecule is CC(C)(C)S(C)(C)C.COc1ccc(C(O)Cc2c(Cl)cncc2Cl)n2c(Cl)c(CO)nc12. The highest BCUT2D eigenvalue weighted by Crippen LogP contribution is 2.48. The molecule has 0 aliphatic rings. The van der Waals surface area contributed by atoms with E-state index in [0.717, 1.165) is 0 Å². The molecule has 184 valence electrons. The van der Waals surface area contributed by atoms with Gasteiger partial charge >= 0.3 is 0 Å². The average Bonchev–Trinajstić information content (AvgIpc) is 3.06. The van der Waals surface area contributed by atoms with Gasteiger partial charge in [0, 0.05) is 18.8 Å². The zero-order valence-electron chi connectivity index (χ0n) is 20.0. The Balaban J connectivity index is 0.000000414. The van der Waals surface area contributed by atoms with E-state index in [0.29, 0.717) is 43.1 Å². The highest BCUT2D eigenvalue weighted by molar-refractivity contribution is 8.33. The molecule has 1 unspecified atom stereocenters. The van der Waals surface area contributed by atoms with E-state index in [2.05, 4.69) is 49.5 Å². The van der Waals surface area contributed by atoms with E-state index in [4.69, 9.17) is 39.5 Å². The van der Waals surface area contributed by atoms with Gasteiger partial charge in [0.1, 0.15) is 10.8 Å². The molecule has 0 amide bonds. The Kier molecular flexibility index (Phi) is 9.35. The largest absolute Gasteiger partial charge is 0.493 e. The summed E-state index contributed by atoms with van der Waals surface area (Å²) >= 11 is 18.6. The van der Waals surface area contributed by atoms with Gasteiger partial charge in [0.25, 0.3) is 0 Å². The molecule has 0 radical (unpaired) electrons. The lowest BCUT2D eigenvalue weighted by molar-refractivity contribution is 0.172. The second kappa shape index (κ2) is 11.0. The third-order valence-electron chi connectivity index (χ3n) is 5.67. The summed E-state index contributed by atoms with van der Waals surface area (Å²) in [6.45, 7) is 6.59. The predicted molar refractivity (Wildman–Crippen MR) is 141 cm³/mol. The summed E-state index contributed by atoms with van der Waals surface area (Å²) in [5.41, 5.74) is 1.74. The zero-order valence-corrected chi connectivity index (χ0v) is 23.1. The molecular weight excluding hydrogens is 505 g/mol. The van der Waals surface area contributed by atoms with Gasteiger partial charge in [-0.1, -0.05) is 55.6 Å². The van der Waals surface area contributed by atoms with E-state index in [1.807, 2.05) is 0 Å². The van der Waals surface area contributed by atoms with Gasteiger partial charge in [-0.3, -0.25) is 9.38 Å². The topological polar surface area (TPSA) is 79.9 Å². The maximum absolute atomic E-state index is 10.7. The number of methoxy groups -OCH3 is 1. The molecule has 0 bridgehead atoms. The lowest BCUT2D eigenvalue weighted by Crippen LogP contribution is -2.21. The van der Waals surface area contributed by atoms with Crippen LogP contribution in [0.1, 0.15) is 43.8 Å². The molecule has 6 nitrogen and oxygen atoms in total. The molecule has 33 heavy (non-hydrogen) atoms. The molecule has 0 aromatic carbocycles. The number of aromatic nitrogens is 3. The van der Waals surface area contributed by atoms with Crippen LogP contribution in [0.25, 0.3) is 5.65 Å². The maximum atomic E-state index is 10.7. The van der Waals surface area contributed by atoms with Crippen LogP contribution in [-0.4, -0.2) is 55.2 Å². The maximum Gasteiger partial charge on any atom is 0.181 e. The van der Waals surface area contributed by atoms with Crippen molar-refractivity contribution in [1.82, 2.24) is 14.4 Å². The van der Waals surface area contributed by atoms with E-state index in [9.17, 15) is 10.2 Å². The molecule has 3 aromatic rings. The molecule has 0 saturated heterocycles. The summed E-state index contributed by atoms with van der Waals surface area (Å²) < 4.78 is 7.34. The number of hydrogen-bond donors (Lipinski definition) is 2. The van der Waals surface area contributed by atoms with Crippen molar-refractivity contribution < 1.29 is 14.9 Å². The fraction of sp³-hybridized carbons (Fsp3) is 0.478. The summed E-state index contributed by atoms with van der Waals surface area (Å²) in [5.74, 6) is 0.470. The summed E-state index contributed by atoms with van der Waals surface area (Å²) in [6, 6.07) is 3.35. The van der Waals surface area contributed by atoms with Crippen molar-refractivity contribution in [3.8, 4) is 5.75 Å². The van der Waals surface area contributed by atoms with Gasteiger partial charge in [-0.25, -0.2) is 15.0 Å². The van der Waals surface area contributed by atoms with Gasteiger partial charge in [-0.15, -0.1) is 0 Å². The second-order valence-corrected chi connectivity index (χ2v) is 15.3. The van der Waals surface area contributed by atoms with Crippen LogP contribution in [0.5, 0.6) is 5.75 Å². The van der Waals surface area contributed by atoms with Gasteiger partial charge in [0.15, 0.2) is 11.4 Å². The minimum absolute atomic E-state index is 0.157. The first kappa shape index (κ1) is 28.0. The van der Waals surface area contributed by atoms with Crippen molar-refractivity contribution in [3.63, 3.8) is 0 Å². The Hall–Kier alpha value is -1.22. The molecule has 0 fully saturated rings. The molecular formula is C23H32Cl3N3O3S. The van der Waals surface area contributed by atoms with E-state index in [1.165, 1.54) is 19.5 Å². The Bertz CT molecular complexity index is 1080. The molecule has 3 heterocycles. The van der Waals surface area contributed by atoms with Crippen molar-refractivity contribution in [1.29, 1.82) is 0 Å². The van der Waals surface area contributed by atoms with Crippen molar-refractivity contribution in [2.75, 3.05) is 25.9 Å². The fourth-order valence-corrected chi connectivity index (χ4v) is 3.41. The van der Waals surface area contributed by atoms with E-state index in [-0.39, 0.29) is 28.2 Å². The average molecular weight is 537 g/mol. The number of pyridine rings is 2. The van der Waals surface area contributed by atoms with Gasteiger partial charge < -0.3 is 14.9 Å². The Morgan fingerprint density at radius 1 is 1.09 bits per heavy atom. The molecule has 0 aliphatic carbocycles. The Morgan fingerprint density at radius 2 is 1.64 bits per heavy atom. The molecule has 0 spiro atoms. The fourth-order valence-electron chi connectivity index (χ4n) is 2.61. The van der Waals surface area contributed by atoms with Crippen molar-refractivity contribution in [2.24, 2.45) is 0 Å². The number of halogens is 3. The second-order valence-electron chi connectivity index (χ2n) is 9.24. The van der Waals surface area contributed by atoms with Gasteiger partial charge in [-0.2, -0.15) is 0 Å². The highest BCUT2D eigenvalue weighted by atomic mass is 35.5. The Morgan fingerprint density at radius 3 is 2.09 bits per heavy atom. The molecule has 10 heteroatoms. The molecule has 3 rings (SSSR count). The van der Waals surface area contributed by atoms with Crippen LogP contribution in [0.15, 0.2) is 24.5 Å². The summed E-state index contributed by atoms with van der Waals surface area (Å²) in [5, 5.41) is 21.1. The lowest BCUT2D eigenvalue weighted by atomic mass is 10.1. The van der Waals surface area contributed by atoms with Crippen LogP contribution in [-0.2, 0) is 13.0 Å². The van der Waals surface area contributed by atoms with Gasteiger partial charge in [0.2, 0.25) is 0 Å². The Labute approximate surface area is 212 Å². The van der Waals surface area contributed by atoms with Crippen LogP contribution in [0.4, 0.5) is 0 Å². The van der Waals surface area contributed by atoms with E-state index >= 15 is 0 Å². The van der Waals surface area contributed by atoms with E-state index in [1.54, 1.807) is 16.5 Å². The molecule has 1 atom stereocenters. The first-order chi connectivity index (χ1) is 15.2. The molecule has 3 aromatic heterocycles. The predicted octanol–water partition coefficient (Wildman–Crippen LogP) is 5.95. The van der Waals surface area contributed by atoms with Crippen molar-refractivity contribution in [2.45, 2.75) is 44.6 Å². The number of ether oxygens (including phenoxy) is 1.